The normalized spacial score (nSPS) is 13.8. The number of pyridine rings is 1. The smallest absolute Gasteiger partial charge is 0.255 e. The lowest BCUT2D eigenvalue weighted by molar-refractivity contribution is -0.00177. The second kappa shape index (κ2) is 9.15. The zero-order valence-corrected chi connectivity index (χ0v) is 18.6. The Bertz CT molecular complexity index is 1080. The molecule has 2 atom stereocenters. The summed E-state index contributed by atoms with van der Waals surface area (Å²) in [6.45, 7) is 6.41. The average molecular weight is 449 g/mol. The van der Waals surface area contributed by atoms with E-state index >= 15 is 0 Å². The molecule has 166 valence electrons. The zero-order chi connectivity index (χ0) is 22.8. The number of carbonyl (C=O) groups excluding carboxylic acids is 1. The number of amides is 1. The van der Waals surface area contributed by atoms with Crippen LogP contribution in [0.4, 0.5) is 10.1 Å². The van der Waals surface area contributed by atoms with Gasteiger partial charge in [-0.15, -0.1) is 0 Å². The third-order valence-electron chi connectivity index (χ3n) is 4.96. The highest BCUT2D eigenvalue weighted by Gasteiger charge is 2.27. The molecule has 2 unspecified atom stereocenters. The maximum Gasteiger partial charge on any atom is 0.255 e. The van der Waals surface area contributed by atoms with E-state index in [1.54, 1.807) is 22.8 Å². The van der Waals surface area contributed by atoms with E-state index in [-0.39, 0.29) is 18.2 Å². The SMILES string of the molecule is CCC(C)Nc1cc(-c2cnc3cc(Cl)cnn23)ncc1C(=O)NCC(F)C(C)(C)O. The fourth-order valence-electron chi connectivity index (χ4n) is 2.82. The number of hydrogen-bond donors (Lipinski definition) is 3. The van der Waals surface area contributed by atoms with Crippen molar-refractivity contribution in [1.82, 2.24) is 24.9 Å². The molecule has 0 saturated heterocycles. The first kappa shape index (κ1) is 22.9. The molecule has 0 saturated carbocycles. The highest BCUT2D eigenvalue weighted by Crippen LogP contribution is 2.25. The van der Waals surface area contributed by atoms with Crippen LogP contribution in [0.15, 0.2) is 30.7 Å². The van der Waals surface area contributed by atoms with Gasteiger partial charge >= 0.3 is 0 Å². The second-order valence-electron chi connectivity index (χ2n) is 7.99. The van der Waals surface area contributed by atoms with Crippen molar-refractivity contribution >= 4 is 28.8 Å². The first-order valence-electron chi connectivity index (χ1n) is 10.0. The van der Waals surface area contributed by atoms with Crippen molar-refractivity contribution in [2.24, 2.45) is 0 Å². The Hall–Kier alpha value is -2.78. The van der Waals surface area contributed by atoms with Crippen molar-refractivity contribution in [3.05, 3.63) is 41.3 Å². The van der Waals surface area contributed by atoms with Crippen molar-refractivity contribution < 1.29 is 14.3 Å². The van der Waals surface area contributed by atoms with E-state index < -0.39 is 17.7 Å². The number of imidazole rings is 1. The van der Waals surface area contributed by atoms with Crippen LogP contribution in [0.25, 0.3) is 17.0 Å². The van der Waals surface area contributed by atoms with Crippen LogP contribution < -0.4 is 10.6 Å². The van der Waals surface area contributed by atoms with Crippen molar-refractivity contribution in [1.29, 1.82) is 0 Å². The molecule has 0 aliphatic rings. The number of alkyl halides is 1. The molecule has 1 amide bonds. The third-order valence-corrected chi connectivity index (χ3v) is 5.17. The summed E-state index contributed by atoms with van der Waals surface area (Å²) >= 11 is 5.98. The van der Waals surface area contributed by atoms with Gasteiger partial charge in [0.15, 0.2) is 5.65 Å². The van der Waals surface area contributed by atoms with E-state index in [2.05, 4.69) is 25.7 Å². The molecule has 3 N–H and O–H groups in total. The Balaban J connectivity index is 1.94. The molecule has 3 rings (SSSR count). The van der Waals surface area contributed by atoms with Crippen molar-refractivity contribution in [3.63, 3.8) is 0 Å². The summed E-state index contributed by atoms with van der Waals surface area (Å²) in [4.78, 5) is 21.4. The summed E-state index contributed by atoms with van der Waals surface area (Å²) in [6.07, 6.45) is 3.80. The van der Waals surface area contributed by atoms with Crippen LogP contribution in [0.5, 0.6) is 0 Å². The van der Waals surface area contributed by atoms with Gasteiger partial charge in [-0.2, -0.15) is 5.10 Å². The fourth-order valence-corrected chi connectivity index (χ4v) is 2.96. The zero-order valence-electron chi connectivity index (χ0n) is 17.9. The van der Waals surface area contributed by atoms with E-state index in [9.17, 15) is 14.3 Å². The third kappa shape index (κ3) is 5.29. The minimum atomic E-state index is -1.61. The minimum absolute atomic E-state index is 0.0891. The summed E-state index contributed by atoms with van der Waals surface area (Å²) in [5.74, 6) is -0.486. The number of anilines is 1. The Kier molecular flexibility index (Phi) is 6.76. The van der Waals surface area contributed by atoms with Crippen LogP contribution in [0.3, 0.4) is 0 Å². The first-order valence-corrected chi connectivity index (χ1v) is 10.4. The Morgan fingerprint density at radius 2 is 2.03 bits per heavy atom. The number of hydrogen-bond acceptors (Lipinski definition) is 6. The summed E-state index contributed by atoms with van der Waals surface area (Å²) in [5, 5.41) is 20.3. The largest absolute Gasteiger partial charge is 0.387 e. The maximum absolute atomic E-state index is 14.1. The molecule has 0 radical (unpaired) electrons. The number of halogens is 2. The summed E-state index contributed by atoms with van der Waals surface area (Å²) < 4.78 is 15.7. The number of aliphatic hydroxyl groups is 1. The number of carbonyl (C=O) groups is 1. The van der Waals surface area contributed by atoms with Crippen LogP contribution >= 0.6 is 11.6 Å². The van der Waals surface area contributed by atoms with Crippen LogP contribution in [0.1, 0.15) is 44.5 Å². The van der Waals surface area contributed by atoms with E-state index in [4.69, 9.17) is 11.6 Å². The lowest BCUT2D eigenvalue weighted by Crippen LogP contribution is -2.42. The van der Waals surface area contributed by atoms with Crippen molar-refractivity contribution in [2.75, 3.05) is 11.9 Å². The number of nitrogens with zero attached hydrogens (tertiary/aromatic N) is 4. The van der Waals surface area contributed by atoms with Gasteiger partial charge in [0.1, 0.15) is 11.9 Å². The molecule has 0 fully saturated rings. The maximum atomic E-state index is 14.1. The molecule has 0 aliphatic heterocycles. The van der Waals surface area contributed by atoms with Crippen molar-refractivity contribution in [2.45, 2.75) is 51.9 Å². The summed E-state index contributed by atoms with van der Waals surface area (Å²) in [7, 11) is 0. The van der Waals surface area contributed by atoms with Gasteiger partial charge in [0.05, 0.1) is 46.5 Å². The second-order valence-corrected chi connectivity index (χ2v) is 8.42. The van der Waals surface area contributed by atoms with Gasteiger partial charge in [-0.1, -0.05) is 18.5 Å². The fraction of sp³-hybridized carbons (Fsp3) is 0.429. The molecule has 0 aliphatic carbocycles. The van der Waals surface area contributed by atoms with Gasteiger partial charge in [0.25, 0.3) is 5.91 Å². The van der Waals surface area contributed by atoms with Crippen molar-refractivity contribution in [3.8, 4) is 11.4 Å². The quantitative estimate of drug-likeness (QED) is 0.487. The van der Waals surface area contributed by atoms with Crippen LogP contribution in [-0.4, -0.2) is 55.0 Å². The number of aromatic nitrogens is 4. The number of rotatable bonds is 8. The molecule has 31 heavy (non-hydrogen) atoms. The van der Waals surface area contributed by atoms with E-state index in [0.717, 1.165) is 6.42 Å². The molecular formula is C21H26ClFN6O2. The molecule has 3 aromatic rings. The Morgan fingerprint density at radius 1 is 1.29 bits per heavy atom. The lowest BCUT2D eigenvalue weighted by Gasteiger charge is -2.23. The molecule has 0 spiro atoms. The molecule has 10 heteroatoms. The monoisotopic (exact) mass is 448 g/mol. The van der Waals surface area contributed by atoms with Gasteiger partial charge in [-0.25, -0.2) is 13.9 Å². The molecule has 0 bridgehead atoms. The average Bonchev–Trinajstić information content (AvgIpc) is 3.13. The van der Waals surface area contributed by atoms with Gasteiger partial charge in [-0.3, -0.25) is 9.78 Å². The summed E-state index contributed by atoms with van der Waals surface area (Å²) in [5.41, 5.74) is 1.05. The highest BCUT2D eigenvalue weighted by molar-refractivity contribution is 6.30. The summed E-state index contributed by atoms with van der Waals surface area (Å²) in [6, 6.07) is 3.52. The molecule has 8 nitrogen and oxygen atoms in total. The van der Waals surface area contributed by atoms with E-state index in [1.807, 2.05) is 13.8 Å². The number of nitrogens with one attached hydrogen (secondary N) is 2. The van der Waals surface area contributed by atoms with Crippen LogP contribution in [-0.2, 0) is 0 Å². The molecule has 3 aromatic heterocycles. The first-order chi connectivity index (χ1) is 14.6. The predicted octanol–water partition coefficient (Wildman–Crippen LogP) is 3.49. The molecular weight excluding hydrogens is 423 g/mol. The van der Waals surface area contributed by atoms with E-state index in [1.165, 1.54) is 26.2 Å². The molecule has 0 aromatic carbocycles. The predicted molar refractivity (Wildman–Crippen MR) is 118 cm³/mol. The standard InChI is InChI=1S/C21H26ClFN6O2/c1-5-12(2)28-15-7-16(17-10-25-19-6-13(22)8-27-29(17)19)24-9-14(15)20(30)26-11-18(23)21(3,4)31/h6-10,12,18,31H,5,11H2,1-4H3,(H,24,28)(H,26,30). The Labute approximate surface area is 184 Å². The van der Waals surface area contributed by atoms with Gasteiger partial charge < -0.3 is 15.7 Å². The van der Waals surface area contributed by atoms with E-state index in [0.29, 0.717) is 27.7 Å². The highest BCUT2D eigenvalue weighted by atomic mass is 35.5. The van der Waals surface area contributed by atoms with Gasteiger partial charge in [-0.05, 0) is 33.3 Å². The van der Waals surface area contributed by atoms with Gasteiger partial charge in [0.2, 0.25) is 0 Å². The van der Waals surface area contributed by atoms with Gasteiger partial charge in [0, 0.05) is 18.3 Å². The lowest BCUT2D eigenvalue weighted by atomic mass is 10.0. The minimum Gasteiger partial charge on any atom is -0.387 e. The number of fused-ring (bicyclic) bond motifs is 1. The topological polar surface area (TPSA) is 104 Å². The Morgan fingerprint density at radius 3 is 2.71 bits per heavy atom. The molecule has 3 heterocycles. The van der Waals surface area contributed by atoms with Crippen LogP contribution in [0, 0.1) is 0 Å². The van der Waals surface area contributed by atoms with Crippen LogP contribution in [0.2, 0.25) is 5.02 Å².